The lowest BCUT2D eigenvalue weighted by Crippen LogP contribution is -2.36. The van der Waals surface area contributed by atoms with Crippen molar-refractivity contribution in [3.05, 3.63) is 0 Å². The summed E-state index contributed by atoms with van der Waals surface area (Å²) in [5.41, 5.74) is -0.419. The largest absolute Gasteiger partial charge is 0.481 e. The van der Waals surface area contributed by atoms with E-state index in [1.54, 1.807) is 6.92 Å². The van der Waals surface area contributed by atoms with E-state index in [0.29, 0.717) is 32.1 Å². The molecule has 2 aliphatic rings. The molecule has 8 heteroatoms. The van der Waals surface area contributed by atoms with E-state index in [1.165, 1.54) is 0 Å². The van der Waals surface area contributed by atoms with Gasteiger partial charge in [-0.2, -0.15) is 0 Å². The van der Waals surface area contributed by atoms with Gasteiger partial charge >= 0.3 is 11.9 Å². The standard InChI is InChI=1S/C14H26FNO2.C10H18FNO2/c1-11(13(17)18-14(2,3)4)5-8-16-9-6-12(15)7-10-16;1-8(10(13)14)2-5-12-6-3-9(11)4-7-12/h11-12H,5-10H2,1-4H3;8-9H,2-7H2,1H3,(H,13,14)/t11-;8-/m00/s1. The number of hydrogen-bond donors (Lipinski definition) is 1. The van der Waals surface area contributed by atoms with E-state index in [2.05, 4.69) is 9.80 Å². The summed E-state index contributed by atoms with van der Waals surface area (Å²) >= 11 is 0. The molecule has 0 aromatic heterocycles. The van der Waals surface area contributed by atoms with E-state index in [-0.39, 0.29) is 17.8 Å². The van der Waals surface area contributed by atoms with Gasteiger partial charge in [0.2, 0.25) is 0 Å². The predicted molar refractivity (Wildman–Crippen MR) is 122 cm³/mol. The number of carboxylic acid groups (broad SMARTS) is 1. The number of carbonyl (C=O) groups excluding carboxylic acids is 1. The fourth-order valence-electron chi connectivity index (χ4n) is 3.65. The Morgan fingerprint density at radius 2 is 1.25 bits per heavy atom. The summed E-state index contributed by atoms with van der Waals surface area (Å²) < 4.78 is 31.1. The second kappa shape index (κ2) is 14.1. The summed E-state index contributed by atoms with van der Waals surface area (Å²) in [4.78, 5) is 26.7. The Hall–Kier alpha value is -1.28. The first-order chi connectivity index (χ1) is 14.9. The van der Waals surface area contributed by atoms with E-state index >= 15 is 0 Å². The molecule has 32 heavy (non-hydrogen) atoms. The molecule has 0 bridgehead atoms. The second-order valence-electron chi connectivity index (χ2n) is 10.3. The van der Waals surface area contributed by atoms with Gasteiger partial charge in [-0.3, -0.25) is 9.59 Å². The minimum Gasteiger partial charge on any atom is -0.481 e. The average molecular weight is 463 g/mol. The molecule has 2 heterocycles. The highest BCUT2D eigenvalue weighted by Crippen LogP contribution is 2.17. The van der Waals surface area contributed by atoms with Crippen LogP contribution in [0.4, 0.5) is 8.78 Å². The number of ether oxygens (including phenoxy) is 1. The lowest BCUT2D eigenvalue weighted by Gasteiger charge is -2.29. The molecule has 2 fully saturated rings. The van der Waals surface area contributed by atoms with Gasteiger partial charge in [-0.25, -0.2) is 8.78 Å². The topological polar surface area (TPSA) is 70.1 Å². The molecule has 0 unspecified atom stereocenters. The van der Waals surface area contributed by atoms with Gasteiger partial charge in [0, 0.05) is 26.2 Å². The van der Waals surface area contributed by atoms with Crippen molar-refractivity contribution in [3.8, 4) is 0 Å². The van der Waals surface area contributed by atoms with E-state index < -0.39 is 23.9 Å². The van der Waals surface area contributed by atoms with E-state index in [4.69, 9.17) is 9.84 Å². The van der Waals surface area contributed by atoms with Crippen LogP contribution in [-0.4, -0.2) is 84.1 Å². The Balaban J connectivity index is 0.000000330. The molecular formula is C24H44F2N2O4. The molecule has 0 spiro atoms. The molecule has 0 amide bonds. The number of rotatable bonds is 8. The number of nitrogens with zero attached hydrogens (tertiary/aromatic N) is 2. The Labute approximate surface area is 192 Å². The van der Waals surface area contributed by atoms with Gasteiger partial charge in [-0.1, -0.05) is 13.8 Å². The number of likely N-dealkylation sites (tertiary alicyclic amines) is 2. The fourth-order valence-corrected chi connectivity index (χ4v) is 3.65. The van der Waals surface area contributed by atoms with Gasteiger partial charge in [-0.15, -0.1) is 0 Å². The summed E-state index contributed by atoms with van der Waals surface area (Å²) in [5, 5.41) is 8.68. The quantitative estimate of drug-likeness (QED) is 0.542. The van der Waals surface area contributed by atoms with Gasteiger partial charge in [0.1, 0.15) is 17.9 Å². The third-order valence-corrected chi connectivity index (χ3v) is 6.02. The van der Waals surface area contributed by atoms with Crippen LogP contribution < -0.4 is 0 Å². The van der Waals surface area contributed by atoms with Crippen molar-refractivity contribution in [2.24, 2.45) is 11.8 Å². The number of piperidine rings is 2. The molecule has 1 N–H and O–H groups in total. The van der Waals surface area contributed by atoms with Crippen molar-refractivity contribution in [1.82, 2.24) is 9.80 Å². The van der Waals surface area contributed by atoms with E-state index in [1.807, 2.05) is 27.7 Å². The zero-order valence-corrected chi connectivity index (χ0v) is 20.6. The monoisotopic (exact) mass is 462 g/mol. The molecule has 0 radical (unpaired) electrons. The molecule has 0 saturated carbocycles. The third kappa shape index (κ3) is 12.7. The molecular weight excluding hydrogens is 418 g/mol. The molecule has 6 nitrogen and oxygen atoms in total. The highest BCUT2D eigenvalue weighted by Gasteiger charge is 2.24. The lowest BCUT2D eigenvalue weighted by atomic mass is 10.0. The molecule has 0 aromatic carbocycles. The maximum Gasteiger partial charge on any atom is 0.309 e. The van der Waals surface area contributed by atoms with Crippen molar-refractivity contribution in [2.75, 3.05) is 39.3 Å². The van der Waals surface area contributed by atoms with Crippen LogP contribution in [0.5, 0.6) is 0 Å². The Bertz CT molecular complexity index is 555. The fraction of sp³-hybridized carbons (Fsp3) is 0.917. The third-order valence-electron chi connectivity index (χ3n) is 6.02. The summed E-state index contributed by atoms with van der Waals surface area (Å²) in [5.74, 6) is -1.27. The van der Waals surface area contributed by atoms with Crippen LogP contribution in [0.15, 0.2) is 0 Å². The lowest BCUT2D eigenvalue weighted by molar-refractivity contribution is -0.159. The number of hydrogen-bond acceptors (Lipinski definition) is 5. The van der Waals surface area contributed by atoms with Crippen molar-refractivity contribution in [3.63, 3.8) is 0 Å². The van der Waals surface area contributed by atoms with Crippen LogP contribution in [0, 0.1) is 11.8 Å². The van der Waals surface area contributed by atoms with Crippen LogP contribution >= 0.6 is 0 Å². The smallest absolute Gasteiger partial charge is 0.309 e. The van der Waals surface area contributed by atoms with Gasteiger partial charge < -0.3 is 19.6 Å². The first-order valence-corrected chi connectivity index (χ1v) is 12.1. The zero-order valence-electron chi connectivity index (χ0n) is 20.6. The highest BCUT2D eigenvalue weighted by molar-refractivity contribution is 5.72. The van der Waals surface area contributed by atoms with Gasteiger partial charge in [0.15, 0.2) is 0 Å². The van der Waals surface area contributed by atoms with Crippen molar-refractivity contribution >= 4 is 11.9 Å². The first kappa shape index (κ1) is 28.8. The predicted octanol–water partition coefficient (Wildman–Crippen LogP) is 4.32. The summed E-state index contributed by atoms with van der Waals surface area (Å²) in [6.45, 7) is 14.0. The number of aliphatic carboxylic acids is 1. The zero-order chi connectivity index (χ0) is 24.3. The molecule has 0 aromatic rings. The van der Waals surface area contributed by atoms with Crippen molar-refractivity contribution < 1.29 is 28.2 Å². The summed E-state index contributed by atoms with van der Waals surface area (Å²) in [7, 11) is 0. The Morgan fingerprint density at radius 1 is 0.875 bits per heavy atom. The minimum atomic E-state index is -0.745. The van der Waals surface area contributed by atoms with Gasteiger partial charge in [0.25, 0.3) is 0 Å². The number of alkyl halides is 2. The minimum absolute atomic E-state index is 0.0904. The second-order valence-corrected chi connectivity index (χ2v) is 10.3. The maximum atomic E-state index is 13.0. The summed E-state index contributed by atoms with van der Waals surface area (Å²) in [6, 6.07) is 0. The van der Waals surface area contributed by atoms with Crippen LogP contribution in [0.2, 0.25) is 0 Å². The highest BCUT2D eigenvalue weighted by atomic mass is 19.1. The van der Waals surface area contributed by atoms with E-state index in [9.17, 15) is 18.4 Å². The van der Waals surface area contributed by atoms with Crippen LogP contribution in [0.3, 0.4) is 0 Å². The van der Waals surface area contributed by atoms with Crippen molar-refractivity contribution in [1.29, 1.82) is 0 Å². The molecule has 2 saturated heterocycles. The molecule has 188 valence electrons. The normalized spacial score (nSPS) is 21.3. The Kier molecular flexibility index (Phi) is 12.7. The average Bonchev–Trinajstić information content (AvgIpc) is 2.71. The van der Waals surface area contributed by atoms with Gasteiger partial charge in [-0.05, 0) is 72.4 Å². The van der Waals surface area contributed by atoms with Crippen LogP contribution in [-0.2, 0) is 14.3 Å². The molecule has 2 atom stereocenters. The molecule has 2 aliphatic heterocycles. The maximum absolute atomic E-state index is 13.0. The van der Waals surface area contributed by atoms with Gasteiger partial charge in [0.05, 0.1) is 11.8 Å². The molecule has 0 aliphatic carbocycles. The van der Waals surface area contributed by atoms with Crippen molar-refractivity contribution in [2.45, 2.75) is 91.1 Å². The number of carbonyl (C=O) groups is 2. The summed E-state index contributed by atoms with van der Waals surface area (Å²) in [6.07, 6.45) is 2.61. The number of esters is 1. The Morgan fingerprint density at radius 3 is 1.59 bits per heavy atom. The first-order valence-electron chi connectivity index (χ1n) is 12.1. The van der Waals surface area contributed by atoms with Crippen LogP contribution in [0.1, 0.15) is 73.1 Å². The van der Waals surface area contributed by atoms with Crippen LogP contribution in [0.25, 0.3) is 0 Å². The van der Waals surface area contributed by atoms with E-state index in [0.717, 1.165) is 45.7 Å². The number of halogens is 2. The molecule has 2 rings (SSSR count). The number of carboxylic acids is 1. The SMILES string of the molecule is C[C@@H](CCN1CCC(F)CC1)C(=O)O.C[C@@H](CCN1CCC(F)CC1)C(=O)OC(C)(C)C.